The lowest BCUT2D eigenvalue weighted by Crippen LogP contribution is -2.49. The molecule has 9 heteroatoms. The maximum Gasteiger partial charge on any atom is 0.281 e. The highest BCUT2D eigenvalue weighted by Crippen LogP contribution is 2.31. The fourth-order valence-corrected chi connectivity index (χ4v) is 4.54. The van der Waals surface area contributed by atoms with Gasteiger partial charge in [-0.3, -0.25) is 4.79 Å². The number of benzene rings is 1. The summed E-state index contributed by atoms with van der Waals surface area (Å²) in [5, 5.41) is 3.02. The number of rotatable bonds is 9. The molecule has 0 radical (unpaired) electrons. The Kier molecular flexibility index (Phi) is 8.30. The van der Waals surface area contributed by atoms with Crippen LogP contribution < -0.4 is 14.8 Å². The van der Waals surface area contributed by atoms with Crippen LogP contribution in [0, 0.1) is 5.92 Å². The monoisotopic (exact) mass is 427 g/mol. The Morgan fingerprint density at radius 1 is 1.24 bits per heavy atom. The van der Waals surface area contributed by atoms with Gasteiger partial charge in [-0.2, -0.15) is 17.0 Å². The Morgan fingerprint density at radius 2 is 1.90 bits per heavy atom. The number of carbonyl (C=O) groups excluding carboxylic acids is 1. The van der Waals surface area contributed by atoms with Crippen molar-refractivity contribution < 1.29 is 22.7 Å². The molecule has 2 rings (SSSR count). The second kappa shape index (κ2) is 10.3. The number of hydrogen-bond acceptors (Lipinski definition) is 5. The Bertz CT molecular complexity index is 797. The van der Waals surface area contributed by atoms with Crippen LogP contribution >= 0.6 is 0 Å². The lowest BCUT2D eigenvalue weighted by atomic mass is 9.98. The molecule has 8 nitrogen and oxygen atoms in total. The molecule has 1 amide bonds. The van der Waals surface area contributed by atoms with Crippen LogP contribution in [-0.2, 0) is 15.0 Å². The van der Waals surface area contributed by atoms with Crippen molar-refractivity contribution in [3.63, 3.8) is 0 Å². The third-order valence-corrected chi connectivity index (χ3v) is 6.88. The van der Waals surface area contributed by atoms with Gasteiger partial charge in [-0.15, -0.1) is 0 Å². The minimum absolute atomic E-state index is 0.136. The van der Waals surface area contributed by atoms with Gasteiger partial charge in [0.05, 0.1) is 25.2 Å². The number of hydrogen-bond donors (Lipinski definition) is 1. The highest BCUT2D eigenvalue weighted by molar-refractivity contribution is 7.86. The first-order chi connectivity index (χ1) is 13.7. The van der Waals surface area contributed by atoms with Crippen molar-refractivity contribution in [2.75, 3.05) is 40.4 Å². The molecule has 1 N–H and O–H groups in total. The van der Waals surface area contributed by atoms with E-state index in [1.54, 1.807) is 0 Å². The number of ether oxygens (including phenoxy) is 2. The third kappa shape index (κ3) is 5.83. The molecule has 0 saturated carbocycles. The molecule has 2 unspecified atom stereocenters. The summed E-state index contributed by atoms with van der Waals surface area (Å²) in [6.07, 6.45) is 1.34. The maximum absolute atomic E-state index is 12.8. The zero-order valence-corrected chi connectivity index (χ0v) is 18.8. The molecule has 0 aromatic heterocycles. The van der Waals surface area contributed by atoms with E-state index >= 15 is 0 Å². The standard InChI is InChI=1S/C20H33N3O5S/c1-6-27-18-11-10-16(13-19(18)28-7-2)15(3)21-20(24)17-9-8-12-23(14-17)29(25,26)22(4)5/h10-11,13,15,17H,6-9,12,14H2,1-5H3,(H,21,24). The first kappa shape index (κ1) is 23.4. The summed E-state index contributed by atoms with van der Waals surface area (Å²) >= 11 is 0. The summed E-state index contributed by atoms with van der Waals surface area (Å²) in [7, 11) is -0.507. The van der Waals surface area contributed by atoms with Crippen molar-refractivity contribution in [3.8, 4) is 11.5 Å². The van der Waals surface area contributed by atoms with E-state index in [0.29, 0.717) is 44.1 Å². The van der Waals surface area contributed by atoms with Gasteiger partial charge in [-0.25, -0.2) is 0 Å². The third-order valence-electron chi connectivity index (χ3n) is 4.97. The highest BCUT2D eigenvalue weighted by atomic mass is 32.2. The van der Waals surface area contributed by atoms with Gasteiger partial charge in [-0.05, 0) is 51.3 Å². The molecular formula is C20H33N3O5S. The molecule has 2 atom stereocenters. The topological polar surface area (TPSA) is 88.2 Å². The number of amides is 1. The van der Waals surface area contributed by atoms with Crippen LogP contribution in [0.2, 0.25) is 0 Å². The Labute approximate surface area is 174 Å². The lowest BCUT2D eigenvalue weighted by molar-refractivity contribution is -0.126. The minimum Gasteiger partial charge on any atom is -0.490 e. The smallest absolute Gasteiger partial charge is 0.281 e. The Morgan fingerprint density at radius 3 is 2.52 bits per heavy atom. The molecule has 29 heavy (non-hydrogen) atoms. The van der Waals surface area contributed by atoms with Gasteiger partial charge < -0.3 is 14.8 Å². The van der Waals surface area contributed by atoms with Gasteiger partial charge in [0.1, 0.15) is 0 Å². The quantitative estimate of drug-likeness (QED) is 0.653. The molecule has 1 aromatic rings. The van der Waals surface area contributed by atoms with Crippen LogP contribution in [0.3, 0.4) is 0 Å². The second-order valence-corrected chi connectivity index (χ2v) is 9.43. The first-order valence-electron chi connectivity index (χ1n) is 10.1. The largest absolute Gasteiger partial charge is 0.490 e. The zero-order chi connectivity index (χ0) is 21.6. The Hall–Kier alpha value is -1.84. The average Bonchev–Trinajstić information content (AvgIpc) is 2.69. The molecule has 0 aliphatic carbocycles. The molecule has 1 heterocycles. The minimum atomic E-state index is -3.51. The van der Waals surface area contributed by atoms with Gasteiger partial charge >= 0.3 is 0 Å². The predicted molar refractivity (Wildman–Crippen MR) is 112 cm³/mol. The summed E-state index contributed by atoms with van der Waals surface area (Å²) in [4.78, 5) is 12.8. The van der Waals surface area contributed by atoms with Crippen molar-refractivity contribution in [3.05, 3.63) is 23.8 Å². The molecule has 1 aliphatic rings. The van der Waals surface area contributed by atoms with E-state index in [1.165, 1.54) is 22.7 Å². The summed E-state index contributed by atoms with van der Waals surface area (Å²) in [5.74, 6) is 0.820. The summed E-state index contributed by atoms with van der Waals surface area (Å²) in [6, 6.07) is 5.39. The maximum atomic E-state index is 12.8. The van der Waals surface area contributed by atoms with E-state index in [9.17, 15) is 13.2 Å². The van der Waals surface area contributed by atoms with E-state index < -0.39 is 10.2 Å². The van der Waals surface area contributed by atoms with Gasteiger partial charge in [0.2, 0.25) is 5.91 Å². The highest BCUT2D eigenvalue weighted by Gasteiger charge is 2.33. The Balaban J connectivity index is 2.07. The van der Waals surface area contributed by atoms with Crippen LogP contribution in [0.15, 0.2) is 18.2 Å². The molecular weight excluding hydrogens is 394 g/mol. The molecule has 0 spiro atoms. The summed E-state index contributed by atoms with van der Waals surface area (Å²) < 4.78 is 38.6. The fraction of sp³-hybridized carbons (Fsp3) is 0.650. The van der Waals surface area contributed by atoms with Crippen LogP contribution in [0.25, 0.3) is 0 Å². The van der Waals surface area contributed by atoms with Crippen LogP contribution in [0.4, 0.5) is 0 Å². The van der Waals surface area contributed by atoms with Crippen molar-refractivity contribution in [1.29, 1.82) is 0 Å². The van der Waals surface area contributed by atoms with Gasteiger partial charge in [0.15, 0.2) is 11.5 Å². The van der Waals surface area contributed by atoms with Crippen molar-refractivity contribution >= 4 is 16.1 Å². The first-order valence-corrected chi connectivity index (χ1v) is 11.5. The molecule has 1 aliphatic heterocycles. The molecule has 164 valence electrons. The van der Waals surface area contributed by atoms with E-state index in [0.717, 1.165) is 5.56 Å². The van der Waals surface area contributed by atoms with Gasteiger partial charge in [0.25, 0.3) is 10.2 Å². The van der Waals surface area contributed by atoms with Crippen LogP contribution in [0.5, 0.6) is 11.5 Å². The van der Waals surface area contributed by atoms with Crippen LogP contribution in [0.1, 0.15) is 45.2 Å². The normalized spacial score (nSPS) is 19.0. The van der Waals surface area contributed by atoms with Crippen molar-refractivity contribution in [1.82, 2.24) is 13.9 Å². The number of piperidine rings is 1. The molecule has 0 bridgehead atoms. The zero-order valence-electron chi connectivity index (χ0n) is 18.0. The number of nitrogens with one attached hydrogen (secondary N) is 1. The molecule has 1 fully saturated rings. The van der Waals surface area contributed by atoms with E-state index in [2.05, 4.69) is 5.32 Å². The summed E-state index contributed by atoms with van der Waals surface area (Å²) in [5.41, 5.74) is 0.902. The average molecular weight is 428 g/mol. The SMILES string of the molecule is CCOc1ccc(C(C)NC(=O)C2CCCN(S(=O)(=O)N(C)C)C2)cc1OCC. The van der Waals surface area contributed by atoms with E-state index in [1.807, 2.05) is 39.0 Å². The lowest BCUT2D eigenvalue weighted by Gasteiger charge is -2.33. The number of carbonyl (C=O) groups is 1. The van der Waals surface area contributed by atoms with Crippen molar-refractivity contribution in [2.24, 2.45) is 5.92 Å². The number of nitrogens with zero attached hydrogens (tertiary/aromatic N) is 2. The molecule has 1 saturated heterocycles. The predicted octanol–water partition coefficient (Wildman–Crippen LogP) is 2.18. The summed E-state index contributed by atoms with van der Waals surface area (Å²) in [6.45, 7) is 7.42. The van der Waals surface area contributed by atoms with Gasteiger partial charge in [0, 0.05) is 27.2 Å². The van der Waals surface area contributed by atoms with Gasteiger partial charge in [-0.1, -0.05) is 6.07 Å². The van der Waals surface area contributed by atoms with Crippen LogP contribution in [-0.4, -0.2) is 63.3 Å². The second-order valence-electron chi connectivity index (χ2n) is 7.29. The van der Waals surface area contributed by atoms with Crippen molar-refractivity contribution in [2.45, 2.75) is 39.7 Å². The fourth-order valence-electron chi connectivity index (χ4n) is 3.35. The van der Waals surface area contributed by atoms with E-state index in [4.69, 9.17) is 9.47 Å². The molecule has 1 aromatic carbocycles. The van der Waals surface area contributed by atoms with E-state index in [-0.39, 0.29) is 24.4 Å².